The first kappa shape index (κ1) is 17.1. The molecule has 1 fully saturated rings. The van der Waals surface area contributed by atoms with Crippen molar-refractivity contribution in [1.82, 2.24) is 5.32 Å². The van der Waals surface area contributed by atoms with Gasteiger partial charge in [0.1, 0.15) is 11.4 Å². The molecule has 0 aromatic heterocycles. The van der Waals surface area contributed by atoms with Gasteiger partial charge in [-0.1, -0.05) is 49.0 Å². The molecule has 2 N–H and O–H groups in total. The van der Waals surface area contributed by atoms with Crippen LogP contribution in [0.4, 0.5) is 0 Å². The molecule has 1 aromatic carbocycles. The third kappa shape index (κ3) is 4.34. The minimum atomic E-state index is -0.941. The van der Waals surface area contributed by atoms with E-state index in [2.05, 4.69) is 5.32 Å². The number of hydrogen-bond acceptors (Lipinski definition) is 6. The van der Waals surface area contributed by atoms with E-state index < -0.39 is 17.4 Å². The highest BCUT2D eigenvalue weighted by Crippen LogP contribution is 2.24. The Balaban J connectivity index is 1.82. The number of ketones is 1. The molecule has 0 saturated carbocycles. The smallest absolute Gasteiger partial charge is 0.321 e. The van der Waals surface area contributed by atoms with Crippen molar-refractivity contribution in [3.63, 3.8) is 0 Å². The molecule has 0 amide bonds. The highest BCUT2D eigenvalue weighted by molar-refractivity contribution is 8.14. The van der Waals surface area contributed by atoms with Gasteiger partial charge in [0.15, 0.2) is 5.78 Å². The number of benzene rings is 1. The zero-order chi connectivity index (χ0) is 16.1. The Morgan fingerprint density at radius 3 is 2.64 bits per heavy atom. The zero-order valence-electron chi connectivity index (χ0n) is 12.0. The highest BCUT2D eigenvalue weighted by Gasteiger charge is 2.35. The summed E-state index contributed by atoms with van der Waals surface area (Å²) in [6, 6.07) is 8.25. The molecule has 2 rings (SSSR count). The molecule has 1 aromatic rings. The average molecular weight is 339 g/mol. The molecule has 5 nitrogen and oxygen atoms in total. The Kier molecular flexibility index (Phi) is 6.05. The maximum atomic E-state index is 12.3. The lowest BCUT2D eigenvalue weighted by atomic mass is 10.1. The standard InChI is InChI=1S/C15H17NO4S2/c1-9(7-22-15(20)10-5-3-2-4-6-10)12(17)13-16-11(8-21-13)14(18)19/h2-6,9,11,13,16H,7-8H2,1H3,(H,18,19)/t9-,11+,13?/m1/s1. The van der Waals surface area contributed by atoms with Crippen LogP contribution in [-0.4, -0.2) is 44.9 Å². The third-order valence-corrected chi connectivity index (χ3v) is 5.69. The number of carboxylic acid groups (broad SMARTS) is 1. The maximum Gasteiger partial charge on any atom is 0.321 e. The number of carboxylic acids is 1. The molecule has 1 aliphatic heterocycles. The van der Waals surface area contributed by atoms with Gasteiger partial charge < -0.3 is 5.11 Å². The summed E-state index contributed by atoms with van der Waals surface area (Å²) in [5.41, 5.74) is 0.617. The number of rotatable bonds is 6. The number of aliphatic carboxylic acids is 1. The van der Waals surface area contributed by atoms with Crippen LogP contribution in [0.2, 0.25) is 0 Å². The van der Waals surface area contributed by atoms with Crippen molar-refractivity contribution in [2.75, 3.05) is 11.5 Å². The molecular formula is C15H17NO4S2. The van der Waals surface area contributed by atoms with Crippen LogP contribution in [0.25, 0.3) is 0 Å². The molecule has 1 saturated heterocycles. The number of hydrogen-bond donors (Lipinski definition) is 2. The Hall–Kier alpha value is -1.31. The molecule has 1 unspecified atom stereocenters. The number of nitrogens with one attached hydrogen (secondary N) is 1. The Labute approximate surface area is 137 Å². The van der Waals surface area contributed by atoms with Gasteiger partial charge >= 0.3 is 5.97 Å². The van der Waals surface area contributed by atoms with Crippen LogP contribution in [0.5, 0.6) is 0 Å². The van der Waals surface area contributed by atoms with E-state index >= 15 is 0 Å². The fourth-order valence-corrected chi connectivity index (χ4v) is 4.13. The number of carbonyl (C=O) groups is 3. The van der Waals surface area contributed by atoms with E-state index in [0.717, 1.165) is 11.8 Å². The van der Waals surface area contributed by atoms with Gasteiger partial charge in [-0.2, -0.15) is 0 Å². The van der Waals surface area contributed by atoms with Crippen LogP contribution in [0, 0.1) is 5.92 Å². The normalized spacial score (nSPS) is 22.2. The molecule has 22 heavy (non-hydrogen) atoms. The predicted octanol–water partition coefficient (Wildman–Crippen LogP) is 1.88. The third-order valence-electron chi connectivity index (χ3n) is 3.30. The van der Waals surface area contributed by atoms with Crippen LogP contribution in [0.1, 0.15) is 17.3 Å². The van der Waals surface area contributed by atoms with Crippen LogP contribution in [0.3, 0.4) is 0 Å². The first-order chi connectivity index (χ1) is 10.5. The highest BCUT2D eigenvalue weighted by atomic mass is 32.2. The Bertz CT molecular complexity index is 564. The molecule has 0 radical (unpaired) electrons. The molecule has 7 heteroatoms. The van der Waals surface area contributed by atoms with Gasteiger partial charge in [0.2, 0.25) is 5.12 Å². The fourth-order valence-electron chi connectivity index (χ4n) is 1.98. The second kappa shape index (κ2) is 7.80. The second-order valence-corrected chi connectivity index (χ2v) is 7.17. The fraction of sp³-hybridized carbons (Fsp3) is 0.400. The van der Waals surface area contributed by atoms with Gasteiger partial charge in [0.25, 0.3) is 0 Å². The predicted molar refractivity (Wildman–Crippen MR) is 88.2 cm³/mol. The molecular weight excluding hydrogens is 322 g/mol. The van der Waals surface area contributed by atoms with E-state index in [-0.39, 0.29) is 16.8 Å². The summed E-state index contributed by atoms with van der Waals surface area (Å²) in [7, 11) is 0. The van der Waals surface area contributed by atoms with E-state index in [9.17, 15) is 14.4 Å². The lowest BCUT2D eigenvalue weighted by molar-refractivity contribution is -0.138. The van der Waals surface area contributed by atoms with Gasteiger partial charge in [-0.3, -0.25) is 19.7 Å². The quantitative estimate of drug-likeness (QED) is 0.818. The van der Waals surface area contributed by atoms with E-state index in [0.29, 0.717) is 17.1 Å². The average Bonchev–Trinajstić information content (AvgIpc) is 3.02. The van der Waals surface area contributed by atoms with Crippen molar-refractivity contribution in [3.8, 4) is 0 Å². The largest absolute Gasteiger partial charge is 0.480 e. The van der Waals surface area contributed by atoms with Crippen molar-refractivity contribution >= 4 is 40.4 Å². The first-order valence-corrected chi connectivity index (χ1v) is 8.89. The molecule has 1 heterocycles. The van der Waals surface area contributed by atoms with Crippen molar-refractivity contribution in [2.24, 2.45) is 5.92 Å². The van der Waals surface area contributed by atoms with E-state index in [1.807, 2.05) is 6.07 Å². The van der Waals surface area contributed by atoms with Gasteiger partial charge in [-0.05, 0) is 0 Å². The van der Waals surface area contributed by atoms with Crippen LogP contribution < -0.4 is 5.32 Å². The lowest BCUT2D eigenvalue weighted by Gasteiger charge is -2.15. The summed E-state index contributed by atoms with van der Waals surface area (Å²) in [6.45, 7) is 1.77. The number of thioether (sulfide) groups is 2. The van der Waals surface area contributed by atoms with Crippen LogP contribution in [-0.2, 0) is 9.59 Å². The molecule has 1 aliphatic rings. The minimum absolute atomic E-state index is 0.0536. The van der Waals surface area contributed by atoms with Crippen molar-refractivity contribution in [2.45, 2.75) is 18.3 Å². The molecule has 0 bridgehead atoms. The summed E-state index contributed by atoms with van der Waals surface area (Å²) >= 11 is 2.43. The van der Waals surface area contributed by atoms with E-state index in [1.54, 1.807) is 31.2 Å². The van der Waals surface area contributed by atoms with Gasteiger partial charge in [0, 0.05) is 23.0 Å². The first-order valence-electron chi connectivity index (χ1n) is 6.85. The summed E-state index contributed by atoms with van der Waals surface area (Å²) in [5.74, 6) is -0.529. The lowest BCUT2D eigenvalue weighted by Crippen LogP contribution is -2.41. The van der Waals surface area contributed by atoms with Crippen molar-refractivity contribution in [1.29, 1.82) is 0 Å². The molecule has 0 aliphatic carbocycles. The van der Waals surface area contributed by atoms with Gasteiger partial charge in [0.05, 0.1) is 0 Å². The summed E-state index contributed by atoms with van der Waals surface area (Å²) in [4.78, 5) is 35.1. The summed E-state index contributed by atoms with van der Waals surface area (Å²) < 4.78 is 0. The SMILES string of the molecule is C[C@H](CSC(=O)c1ccccc1)C(=O)C1N[C@H](C(=O)O)CS1. The Morgan fingerprint density at radius 2 is 2.05 bits per heavy atom. The van der Waals surface area contributed by atoms with Gasteiger partial charge in [-0.15, -0.1) is 11.8 Å². The van der Waals surface area contributed by atoms with Crippen LogP contribution >= 0.6 is 23.5 Å². The topological polar surface area (TPSA) is 83.5 Å². The van der Waals surface area contributed by atoms with E-state index in [1.165, 1.54) is 11.8 Å². The second-order valence-electron chi connectivity index (χ2n) is 5.04. The minimum Gasteiger partial charge on any atom is -0.480 e. The van der Waals surface area contributed by atoms with Crippen molar-refractivity contribution < 1.29 is 19.5 Å². The molecule has 0 spiro atoms. The van der Waals surface area contributed by atoms with Gasteiger partial charge in [-0.25, -0.2) is 0 Å². The summed E-state index contributed by atoms with van der Waals surface area (Å²) in [5, 5.41) is 11.2. The maximum absolute atomic E-state index is 12.3. The van der Waals surface area contributed by atoms with Crippen molar-refractivity contribution in [3.05, 3.63) is 35.9 Å². The monoisotopic (exact) mass is 339 g/mol. The molecule has 3 atom stereocenters. The molecule has 118 valence electrons. The number of carbonyl (C=O) groups excluding carboxylic acids is 2. The van der Waals surface area contributed by atoms with E-state index in [4.69, 9.17) is 5.11 Å². The Morgan fingerprint density at radius 1 is 1.36 bits per heavy atom. The van der Waals surface area contributed by atoms with Crippen LogP contribution in [0.15, 0.2) is 30.3 Å². The number of Topliss-reactive ketones (excluding diaryl/α,β-unsaturated/α-hetero) is 1. The summed E-state index contributed by atoms with van der Waals surface area (Å²) in [6.07, 6.45) is 0. The zero-order valence-corrected chi connectivity index (χ0v) is 13.7.